The van der Waals surface area contributed by atoms with Gasteiger partial charge < -0.3 is 4.74 Å². The number of halogens is 3. The van der Waals surface area contributed by atoms with Gasteiger partial charge in [0.1, 0.15) is 11.4 Å². The molecule has 0 radical (unpaired) electrons. The fraction of sp³-hybridized carbons (Fsp3) is 0.200. The number of fused-ring (bicyclic) bond motifs is 1. The summed E-state index contributed by atoms with van der Waals surface area (Å²) in [6, 6.07) is 9.17. The Morgan fingerprint density at radius 2 is 1.89 bits per heavy atom. The standard InChI is InChI=1S/C20H16Cl2FNO3/c1-20(2,3)27-19(26)24-16-10-12(21)7-8-13(16)14(18(24)25)9-11-5-4-6-15(22)17(11)23/h4-10H,1-3H3/b14-9-. The van der Waals surface area contributed by atoms with Gasteiger partial charge in [-0.15, -0.1) is 0 Å². The molecule has 0 N–H and O–H groups in total. The van der Waals surface area contributed by atoms with Crippen LogP contribution in [0.4, 0.5) is 14.9 Å². The molecule has 0 aliphatic carbocycles. The molecule has 0 saturated carbocycles. The molecule has 140 valence electrons. The van der Waals surface area contributed by atoms with Gasteiger partial charge in [0.05, 0.1) is 16.3 Å². The van der Waals surface area contributed by atoms with Crippen LogP contribution in [-0.4, -0.2) is 17.6 Å². The van der Waals surface area contributed by atoms with E-state index in [-0.39, 0.29) is 21.8 Å². The maximum absolute atomic E-state index is 14.3. The lowest BCUT2D eigenvalue weighted by atomic mass is 10.0. The molecule has 2 aromatic rings. The van der Waals surface area contributed by atoms with Crippen LogP contribution in [0.15, 0.2) is 36.4 Å². The molecule has 2 aromatic carbocycles. The molecule has 27 heavy (non-hydrogen) atoms. The van der Waals surface area contributed by atoms with Crippen LogP contribution in [-0.2, 0) is 9.53 Å². The summed E-state index contributed by atoms with van der Waals surface area (Å²) in [7, 11) is 0. The second-order valence-corrected chi connectivity index (χ2v) is 7.83. The summed E-state index contributed by atoms with van der Waals surface area (Å²) in [6.07, 6.45) is 0.534. The molecule has 0 atom stereocenters. The number of carbonyl (C=O) groups is 2. The van der Waals surface area contributed by atoms with E-state index < -0.39 is 23.4 Å². The highest BCUT2D eigenvalue weighted by Crippen LogP contribution is 2.40. The molecular formula is C20H16Cl2FNO3. The number of hydrogen-bond donors (Lipinski definition) is 0. The lowest BCUT2D eigenvalue weighted by Crippen LogP contribution is -2.38. The van der Waals surface area contributed by atoms with E-state index in [0.29, 0.717) is 10.6 Å². The van der Waals surface area contributed by atoms with Crippen molar-refractivity contribution in [3.8, 4) is 0 Å². The predicted molar refractivity (Wildman–Crippen MR) is 104 cm³/mol. The van der Waals surface area contributed by atoms with Crippen molar-refractivity contribution in [2.45, 2.75) is 26.4 Å². The van der Waals surface area contributed by atoms with E-state index in [2.05, 4.69) is 0 Å². The van der Waals surface area contributed by atoms with Crippen molar-refractivity contribution in [2.75, 3.05) is 4.90 Å². The first-order chi connectivity index (χ1) is 12.6. The molecule has 3 rings (SSSR count). The Morgan fingerprint density at radius 1 is 1.19 bits per heavy atom. The topological polar surface area (TPSA) is 46.6 Å². The van der Waals surface area contributed by atoms with Gasteiger partial charge in [-0.05, 0) is 45.0 Å². The second kappa shape index (κ2) is 6.98. The van der Waals surface area contributed by atoms with Gasteiger partial charge >= 0.3 is 6.09 Å². The molecule has 0 saturated heterocycles. The number of carbonyl (C=O) groups excluding carboxylic acids is 2. The highest BCUT2D eigenvalue weighted by Gasteiger charge is 2.39. The first-order valence-corrected chi connectivity index (χ1v) is 8.87. The number of rotatable bonds is 1. The quantitative estimate of drug-likeness (QED) is 0.548. The van der Waals surface area contributed by atoms with Crippen LogP contribution < -0.4 is 4.90 Å². The van der Waals surface area contributed by atoms with Crippen molar-refractivity contribution in [1.29, 1.82) is 0 Å². The summed E-state index contributed by atoms with van der Waals surface area (Å²) >= 11 is 11.9. The zero-order chi connectivity index (χ0) is 19.9. The summed E-state index contributed by atoms with van der Waals surface area (Å²) in [6.45, 7) is 5.09. The van der Waals surface area contributed by atoms with Crippen molar-refractivity contribution >= 4 is 52.5 Å². The molecular weight excluding hydrogens is 392 g/mol. The molecule has 1 aliphatic heterocycles. The van der Waals surface area contributed by atoms with Crippen molar-refractivity contribution in [2.24, 2.45) is 0 Å². The number of nitrogens with zero attached hydrogens (tertiary/aromatic N) is 1. The SMILES string of the molecule is CC(C)(C)OC(=O)N1C(=O)/C(=C\c2cccc(Cl)c2F)c2ccc(Cl)cc21. The molecule has 0 unspecified atom stereocenters. The molecule has 1 aliphatic rings. The molecule has 1 heterocycles. The number of imide groups is 1. The van der Waals surface area contributed by atoms with Gasteiger partial charge in [0.25, 0.3) is 5.91 Å². The van der Waals surface area contributed by atoms with Crippen LogP contribution >= 0.6 is 23.2 Å². The third kappa shape index (κ3) is 3.84. The Labute approximate surface area is 166 Å². The van der Waals surface area contributed by atoms with Crippen molar-refractivity contribution in [1.82, 2.24) is 0 Å². The van der Waals surface area contributed by atoms with Crippen LogP contribution in [0.3, 0.4) is 0 Å². The molecule has 0 fully saturated rings. The average molecular weight is 408 g/mol. The van der Waals surface area contributed by atoms with Crippen LogP contribution in [0.2, 0.25) is 10.0 Å². The van der Waals surface area contributed by atoms with Gasteiger partial charge in [-0.3, -0.25) is 4.79 Å². The van der Waals surface area contributed by atoms with Gasteiger partial charge in [0.2, 0.25) is 0 Å². The molecule has 2 amide bonds. The van der Waals surface area contributed by atoms with E-state index in [4.69, 9.17) is 27.9 Å². The summed E-state index contributed by atoms with van der Waals surface area (Å²) in [5.41, 5.74) is 0.235. The molecule has 0 aromatic heterocycles. The van der Waals surface area contributed by atoms with Crippen molar-refractivity contribution in [3.05, 3.63) is 63.4 Å². The van der Waals surface area contributed by atoms with E-state index in [1.807, 2.05) is 0 Å². The smallest absolute Gasteiger partial charge is 0.422 e. The lowest BCUT2D eigenvalue weighted by molar-refractivity contribution is -0.112. The number of ether oxygens (including phenoxy) is 1. The summed E-state index contributed by atoms with van der Waals surface area (Å²) in [5.74, 6) is -1.27. The van der Waals surface area contributed by atoms with Gasteiger partial charge in [-0.2, -0.15) is 0 Å². The minimum atomic E-state index is -0.828. The zero-order valence-corrected chi connectivity index (χ0v) is 16.4. The monoisotopic (exact) mass is 407 g/mol. The summed E-state index contributed by atoms with van der Waals surface area (Å²) in [4.78, 5) is 26.4. The first kappa shape index (κ1) is 19.4. The van der Waals surface area contributed by atoms with Crippen LogP contribution in [0, 0.1) is 5.82 Å². The van der Waals surface area contributed by atoms with E-state index >= 15 is 0 Å². The highest BCUT2D eigenvalue weighted by atomic mass is 35.5. The zero-order valence-electron chi connectivity index (χ0n) is 14.8. The average Bonchev–Trinajstić information content (AvgIpc) is 2.81. The van der Waals surface area contributed by atoms with Crippen molar-refractivity contribution in [3.63, 3.8) is 0 Å². The Morgan fingerprint density at radius 3 is 2.56 bits per heavy atom. The Kier molecular flexibility index (Phi) is 5.02. The summed E-state index contributed by atoms with van der Waals surface area (Å²) in [5, 5.41) is 0.292. The van der Waals surface area contributed by atoms with E-state index in [0.717, 1.165) is 4.90 Å². The Hall–Kier alpha value is -2.37. The Balaban J connectivity index is 2.13. The predicted octanol–water partition coefficient (Wildman–Crippen LogP) is 5.95. The minimum Gasteiger partial charge on any atom is -0.443 e. The fourth-order valence-corrected chi connectivity index (χ4v) is 3.03. The number of anilines is 1. The first-order valence-electron chi connectivity index (χ1n) is 8.11. The van der Waals surface area contributed by atoms with Gasteiger partial charge in [-0.1, -0.05) is 41.4 Å². The molecule has 0 spiro atoms. The maximum Gasteiger partial charge on any atom is 0.422 e. The largest absolute Gasteiger partial charge is 0.443 e. The maximum atomic E-state index is 14.3. The summed E-state index contributed by atoms with van der Waals surface area (Å²) < 4.78 is 19.6. The van der Waals surface area contributed by atoms with Crippen LogP contribution in [0.1, 0.15) is 31.9 Å². The normalized spacial score (nSPS) is 15.3. The van der Waals surface area contributed by atoms with Crippen LogP contribution in [0.25, 0.3) is 11.6 Å². The molecule has 4 nitrogen and oxygen atoms in total. The number of benzene rings is 2. The van der Waals surface area contributed by atoms with E-state index in [9.17, 15) is 14.0 Å². The van der Waals surface area contributed by atoms with Gasteiger partial charge in [0.15, 0.2) is 0 Å². The molecule has 0 bridgehead atoms. The van der Waals surface area contributed by atoms with E-state index in [1.54, 1.807) is 39.0 Å². The third-order valence-electron chi connectivity index (χ3n) is 3.78. The second-order valence-electron chi connectivity index (χ2n) is 6.98. The van der Waals surface area contributed by atoms with Crippen molar-refractivity contribution < 1.29 is 18.7 Å². The van der Waals surface area contributed by atoms with E-state index in [1.165, 1.54) is 24.3 Å². The number of amides is 2. The fourth-order valence-electron chi connectivity index (χ4n) is 2.68. The third-order valence-corrected chi connectivity index (χ3v) is 4.31. The highest BCUT2D eigenvalue weighted by molar-refractivity contribution is 6.42. The Bertz CT molecular complexity index is 980. The number of hydrogen-bond acceptors (Lipinski definition) is 3. The minimum absolute atomic E-state index is 0.0601. The van der Waals surface area contributed by atoms with Gasteiger partial charge in [-0.25, -0.2) is 14.1 Å². The lowest BCUT2D eigenvalue weighted by Gasteiger charge is -2.23. The van der Waals surface area contributed by atoms with Crippen LogP contribution in [0.5, 0.6) is 0 Å². The van der Waals surface area contributed by atoms with Gasteiger partial charge in [0, 0.05) is 16.1 Å². The molecule has 7 heteroatoms.